The topological polar surface area (TPSA) is 32.3 Å². The molecule has 0 fully saturated rings. The van der Waals surface area contributed by atoms with Crippen LogP contribution in [0.25, 0.3) is 11.1 Å². The molecule has 1 heterocycles. The summed E-state index contributed by atoms with van der Waals surface area (Å²) < 4.78 is 0. The fourth-order valence-corrected chi connectivity index (χ4v) is 3.71. The van der Waals surface area contributed by atoms with Gasteiger partial charge in [-0.05, 0) is 36.1 Å². The highest BCUT2D eigenvalue weighted by Gasteiger charge is 2.25. The van der Waals surface area contributed by atoms with Gasteiger partial charge in [0, 0.05) is 24.3 Å². The van der Waals surface area contributed by atoms with Gasteiger partial charge in [0.2, 0.25) is 5.91 Å². The molecule has 1 N–H and O–H groups in total. The molecule has 3 heteroatoms. The highest BCUT2D eigenvalue weighted by Crippen LogP contribution is 2.28. The van der Waals surface area contributed by atoms with Crippen LogP contribution in [0.4, 0.5) is 5.69 Å². The highest BCUT2D eigenvalue weighted by molar-refractivity contribution is 5.98. The number of carbonyl (C=O) groups excluding carboxylic acids is 1. The van der Waals surface area contributed by atoms with Crippen LogP contribution in [0.1, 0.15) is 18.1 Å². The minimum absolute atomic E-state index is 0.0396. The molecular weight excluding hydrogens is 332 g/mol. The standard InChI is InChI=1S/C24H24N2O/c1-18(26-16-15-19-9-5-6-12-21(19)17-26)24(27)25-23-14-8-7-13-22(23)20-10-3-2-4-11-20/h2-14,18H,15-17H2,1H3,(H,25,27)/t18-/m1/s1. The van der Waals surface area contributed by atoms with E-state index in [0.717, 1.165) is 36.3 Å². The molecule has 1 aliphatic heterocycles. The lowest BCUT2D eigenvalue weighted by atomic mass is 9.98. The number of benzene rings is 3. The van der Waals surface area contributed by atoms with Crippen molar-refractivity contribution in [1.29, 1.82) is 0 Å². The normalized spacial score (nSPS) is 15.0. The van der Waals surface area contributed by atoms with Crippen molar-refractivity contribution in [1.82, 2.24) is 4.90 Å². The van der Waals surface area contributed by atoms with Gasteiger partial charge in [-0.2, -0.15) is 0 Å². The summed E-state index contributed by atoms with van der Waals surface area (Å²) in [7, 11) is 0. The molecule has 4 rings (SSSR count). The number of nitrogens with zero attached hydrogens (tertiary/aromatic N) is 1. The Morgan fingerprint density at radius 1 is 0.889 bits per heavy atom. The number of fused-ring (bicyclic) bond motifs is 1. The Labute approximate surface area is 160 Å². The Hall–Kier alpha value is -2.91. The molecule has 0 aromatic heterocycles. The van der Waals surface area contributed by atoms with Crippen molar-refractivity contribution >= 4 is 11.6 Å². The molecule has 3 aromatic carbocycles. The molecular formula is C24H24N2O. The van der Waals surface area contributed by atoms with E-state index in [4.69, 9.17) is 0 Å². The average molecular weight is 356 g/mol. The van der Waals surface area contributed by atoms with Crippen LogP contribution in [0.2, 0.25) is 0 Å². The summed E-state index contributed by atoms with van der Waals surface area (Å²) in [5.41, 5.74) is 5.73. The molecule has 0 unspecified atom stereocenters. The van der Waals surface area contributed by atoms with E-state index < -0.39 is 0 Å². The maximum Gasteiger partial charge on any atom is 0.241 e. The van der Waals surface area contributed by atoms with E-state index in [9.17, 15) is 4.79 Å². The first-order chi connectivity index (χ1) is 13.2. The van der Waals surface area contributed by atoms with Gasteiger partial charge in [-0.25, -0.2) is 0 Å². The molecule has 136 valence electrons. The summed E-state index contributed by atoms with van der Waals surface area (Å²) in [6.07, 6.45) is 0.994. The smallest absolute Gasteiger partial charge is 0.241 e. The number of anilines is 1. The summed E-state index contributed by atoms with van der Waals surface area (Å²) >= 11 is 0. The Bertz CT molecular complexity index is 936. The molecule has 1 atom stereocenters. The predicted molar refractivity (Wildman–Crippen MR) is 111 cm³/mol. The molecule has 0 spiro atoms. The van der Waals surface area contributed by atoms with Gasteiger partial charge >= 0.3 is 0 Å². The van der Waals surface area contributed by atoms with Crippen LogP contribution in [0.3, 0.4) is 0 Å². The molecule has 27 heavy (non-hydrogen) atoms. The minimum Gasteiger partial charge on any atom is -0.324 e. The molecule has 1 aliphatic rings. The van der Waals surface area contributed by atoms with Crippen molar-refractivity contribution in [3.05, 3.63) is 90.0 Å². The third-order valence-electron chi connectivity index (χ3n) is 5.36. The zero-order valence-corrected chi connectivity index (χ0v) is 15.6. The predicted octanol–water partition coefficient (Wildman–Crippen LogP) is 4.74. The van der Waals surface area contributed by atoms with E-state index in [1.54, 1.807) is 0 Å². The maximum atomic E-state index is 13.0. The Morgan fingerprint density at radius 3 is 2.37 bits per heavy atom. The number of amides is 1. The number of para-hydroxylation sites is 1. The Morgan fingerprint density at radius 2 is 1.56 bits per heavy atom. The van der Waals surface area contributed by atoms with Gasteiger partial charge < -0.3 is 5.32 Å². The van der Waals surface area contributed by atoms with Crippen LogP contribution in [0, 0.1) is 0 Å². The second-order valence-electron chi connectivity index (χ2n) is 7.07. The summed E-state index contributed by atoms with van der Waals surface area (Å²) in [4.78, 5) is 15.2. The SMILES string of the molecule is C[C@H](C(=O)Nc1ccccc1-c1ccccc1)N1CCc2ccccc2C1. The summed E-state index contributed by atoms with van der Waals surface area (Å²) in [5, 5.41) is 3.15. The van der Waals surface area contributed by atoms with Gasteiger partial charge in [-0.1, -0.05) is 72.8 Å². The van der Waals surface area contributed by atoms with Gasteiger partial charge in [-0.3, -0.25) is 9.69 Å². The van der Waals surface area contributed by atoms with E-state index in [2.05, 4.69) is 46.6 Å². The Kier molecular flexibility index (Phi) is 5.03. The number of hydrogen-bond acceptors (Lipinski definition) is 2. The van der Waals surface area contributed by atoms with E-state index in [1.165, 1.54) is 11.1 Å². The van der Waals surface area contributed by atoms with Crippen LogP contribution < -0.4 is 5.32 Å². The zero-order valence-electron chi connectivity index (χ0n) is 15.6. The molecule has 3 aromatic rings. The number of nitrogens with one attached hydrogen (secondary N) is 1. The van der Waals surface area contributed by atoms with Crippen LogP contribution >= 0.6 is 0 Å². The molecule has 1 amide bonds. The van der Waals surface area contributed by atoms with E-state index >= 15 is 0 Å². The first kappa shape index (κ1) is 17.5. The fourth-order valence-electron chi connectivity index (χ4n) is 3.71. The van der Waals surface area contributed by atoms with Crippen LogP contribution in [0.5, 0.6) is 0 Å². The van der Waals surface area contributed by atoms with E-state index in [0.29, 0.717) is 0 Å². The second-order valence-corrected chi connectivity index (χ2v) is 7.07. The third-order valence-corrected chi connectivity index (χ3v) is 5.36. The number of rotatable bonds is 4. The molecule has 0 aliphatic carbocycles. The lowest BCUT2D eigenvalue weighted by Gasteiger charge is -2.33. The van der Waals surface area contributed by atoms with Crippen molar-refractivity contribution < 1.29 is 4.79 Å². The zero-order chi connectivity index (χ0) is 18.6. The first-order valence-corrected chi connectivity index (χ1v) is 9.48. The summed E-state index contributed by atoms with van der Waals surface area (Å²) in [6.45, 7) is 3.73. The molecule has 0 bridgehead atoms. The van der Waals surface area contributed by atoms with Gasteiger partial charge in [0.25, 0.3) is 0 Å². The number of carbonyl (C=O) groups is 1. The van der Waals surface area contributed by atoms with Gasteiger partial charge in [-0.15, -0.1) is 0 Å². The monoisotopic (exact) mass is 356 g/mol. The van der Waals surface area contributed by atoms with Crippen molar-refractivity contribution in [2.24, 2.45) is 0 Å². The van der Waals surface area contributed by atoms with E-state index in [-0.39, 0.29) is 11.9 Å². The summed E-state index contributed by atoms with van der Waals surface area (Å²) in [5.74, 6) is 0.0396. The van der Waals surface area contributed by atoms with Crippen molar-refractivity contribution in [3.8, 4) is 11.1 Å². The lowest BCUT2D eigenvalue weighted by Crippen LogP contribution is -2.44. The Balaban J connectivity index is 1.50. The van der Waals surface area contributed by atoms with Gasteiger partial charge in [0.15, 0.2) is 0 Å². The summed E-state index contributed by atoms with van der Waals surface area (Å²) in [6, 6.07) is 26.5. The van der Waals surface area contributed by atoms with E-state index in [1.807, 2.05) is 49.4 Å². The molecule has 0 radical (unpaired) electrons. The first-order valence-electron chi connectivity index (χ1n) is 9.48. The molecule has 3 nitrogen and oxygen atoms in total. The van der Waals surface area contributed by atoms with Gasteiger partial charge in [0.05, 0.1) is 6.04 Å². The van der Waals surface area contributed by atoms with Crippen molar-refractivity contribution in [3.63, 3.8) is 0 Å². The molecule has 0 saturated heterocycles. The minimum atomic E-state index is -0.179. The van der Waals surface area contributed by atoms with Crippen molar-refractivity contribution in [2.45, 2.75) is 25.9 Å². The second kappa shape index (κ2) is 7.77. The number of hydrogen-bond donors (Lipinski definition) is 1. The largest absolute Gasteiger partial charge is 0.324 e. The average Bonchev–Trinajstić information content (AvgIpc) is 2.74. The van der Waals surface area contributed by atoms with Crippen LogP contribution in [-0.2, 0) is 17.8 Å². The van der Waals surface area contributed by atoms with Crippen LogP contribution in [-0.4, -0.2) is 23.4 Å². The quantitative estimate of drug-likeness (QED) is 0.732. The van der Waals surface area contributed by atoms with Gasteiger partial charge in [0.1, 0.15) is 0 Å². The van der Waals surface area contributed by atoms with Crippen molar-refractivity contribution in [2.75, 3.05) is 11.9 Å². The maximum absolute atomic E-state index is 13.0. The third kappa shape index (κ3) is 3.79. The highest BCUT2D eigenvalue weighted by atomic mass is 16.2. The fraction of sp³-hybridized carbons (Fsp3) is 0.208. The lowest BCUT2D eigenvalue weighted by molar-refractivity contribution is -0.121. The van der Waals surface area contributed by atoms with Crippen LogP contribution in [0.15, 0.2) is 78.9 Å². The molecule has 0 saturated carbocycles.